The van der Waals surface area contributed by atoms with E-state index in [0.29, 0.717) is 12.6 Å². The number of hydrogen-bond donors (Lipinski definition) is 1. The summed E-state index contributed by atoms with van der Waals surface area (Å²) >= 11 is 0. The van der Waals surface area contributed by atoms with Crippen LogP contribution in [0.15, 0.2) is 0 Å². The third-order valence-electron chi connectivity index (χ3n) is 1.99. The van der Waals surface area contributed by atoms with Crippen LogP contribution >= 0.6 is 0 Å². The SMILES string of the molecule is C[C@H]1[C@@H](F)CN[C@@H]1C. The van der Waals surface area contributed by atoms with Crippen LogP contribution in [0.25, 0.3) is 0 Å². The van der Waals surface area contributed by atoms with Crippen LogP contribution in [0, 0.1) is 5.92 Å². The second kappa shape index (κ2) is 2.02. The summed E-state index contributed by atoms with van der Waals surface area (Å²) in [6, 6.07) is 0.366. The van der Waals surface area contributed by atoms with Gasteiger partial charge in [-0.25, -0.2) is 4.39 Å². The molecule has 0 unspecified atom stereocenters. The maximum Gasteiger partial charge on any atom is 0.116 e. The van der Waals surface area contributed by atoms with Gasteiger partial charge in [0.05, 0.1) is 0 Å². The van der Waals surface area contributed by atoms with Crippen molar-refractivity contribution in [2.24, 2.45) is 5.92 Å². The van der Waals surface area contributed by atoms with Gasteiger partial charge in [0.2, 0.25) is 0 Å². The fourth-order valence-electron chi connectivity index (χ4n) is 0.983. The third-order valence-corrected chi connectivity index (χ3v) is 1.99. The Bertz CT molecular complexity index is 74.6. The lowest BCUT2D eigenvalue weighted by Crippen LogP contribution is -2.21. The average molecular weight is 117 g/mol. The zero-order valence-corrected chi connectivity index (χ0v) is 5.32. The average Bonchev–Trinajstić information content (AvgIpc) is 1.98. The summed E-state index contributed by atoms with van der Waals surface area (Å²) in [5, 5.41) is 3.04. The number of alkyl halides is 1. The molecule has 2 heteroatoms. The molecule has 0 aromatic carbocycles. The molecule has 0 bridgehead atoms. The Morgan fingerprint density at radius 2 is 2.12 bits per heavy atom. The third kappa shape index (κ3) is 0.848. The second-order valence-corrected chi connectivity index (χ2v) is 2.57. The summed E-state index contributed by atoms with van der Waals surface area (Å²) in [6.07, 6.45) is -0.620. The van der Waals surface area contributed by atoms with Crippen molar-refractivity contribution < 1.29 is 4.39 Å². The van der Waals surface area contributed by atoms with Gasteiger partial charge in [-0.3, -0.25) is 0 Å². The van der Waals surface area contributed by atoms with Gasteiger partial charge in [-0.2, -0.15) is 0 Å². The first-order chi connectivity index (χ1) is 3.72. The summed E-state index contributed by atoms with van der Waals surface area (Å²) < 4.78 is 12.5. The van der Waals surface area contributed by atoms with Crippen molar-refractivity contribution in [2.45, 2.75) is 26.1 Å². The predicted molar refractivity (Wildman–Crippen MR) is 31.5 cm³/mol. The van der Waals surface area contributed by atoms with Crippen LogP contribution in [-0.2, 0) is 0 Å². The van der Waals surface area contributed by atoms with Gasteiger partial charge < -0.3 is 5.32 Å². The Morgan fingerprint density at radius 3 is 2.25 bits per heavy atom. The maximum absolute atomic E-state index is 12.5. The molecule has 0 spiro atoms. The molecule has 1 nitrogen and oxygen atoms in total. The van der Waals surface area contributed by atoms with Crippen LogP contribution < -0.4 is 5.32 Å². The summed E-state index contributed by atoms with van der Waals surface area (Å²) in [5.41, 5.74) is 0. The van der Waals surface area contributed by atoms with Gasteiger partial charge in [0.1, 0.15) is 6.17 Å². The Labute approximate surface area is 49.3 Å². The highest BCUT2D eigenvalue weighted by molar-refractivity contribution is 4.84. The lowest BCUT2D eigenvalue weighted by atomic mass is 10.0. The fraction of sp³-hybridized carbons (Fsp3) is 1.00. The lowest BCUT2D eigenvalue weighted by molar-refractivity contribution is 0.283. The van der Waals surface area contributed by atoms with Gasteiger partial charge in [0, 0.05) is 18.5 Å². The molecule has 8 heavy (non-hydrogen) atoms. The molecule has 0 amide bonds. The fourth-order valence-corrected chi connectivity index (χ4v) is 0.983. The Balaban J connectivity index is 2.44. The number of nitrogens with one attached hydrogen (secondary N) is 1. The predicted octanol–water partition coefficient (Wildman–Crippen LogP) is 0.952. The summed E-state index contributed by atoms with van der Waals surface area (Å²) in [4.78, 5) is 0. The second-order valence-electron chi connectivity index (χ2n) is 2.57. The van der Waals surface area contributed by atoms with Crippen molar-refractivity contribution in [3.05, 3.63) is 0 Å². The zero-order valence-electron chi connectivity index (χ0n) is 5.32. The van der Waals surface area contributed by atoms with Crippen molar-refractivity contribution >= 4 is 0 Å². The quantitative estimate of drug-likeness (QED) is 0.498. The molecule has 48 valence electrons. The number of rotatable bonds is 0. The highest BCUT2D eigenvalue weighted by Gasteiger charge is 2.28. The molecule has 0 aliphatic carbocycles. The standard InChI is InChI=1S/C6H12FN/c1-4-5(2)8-3-6(4)7/h4-6,8H,3H2,1-2H3/t4-,5-,6+/m1/s1. The molecule has 0 radical (unpaired) electrons. The Kier molecular flexibility index (Phi) is 1.52. The van der Waals surface area contributed by atoms with Crippen molar-refractivity contribution in [1.29, 1.82) is 0 Å². The van der Waals surface area contributed by atoms with E-state index in [2.05, 4.69) is 5.32 Å². The first-order valence-corrected chi connectivity index (χ1v) is 3.09. The lowest BCUT2D eigenvalue weighted by Gasteiger charge is -2.08. The van der Waals surface area contributed by atoms with Crippen molar-refractivity contribution in [1.82, 2.24) is 5.32 Å². The van der Waals surface area contributed by atoms with E-state index in [1.807, 2.05) is 13.8 Å². The number of hydrogen-bond acceptors (Lipinski definition) is 1. The van der Waals surface area contributed by atoms with Crippen LogP contribution in [0.3, 0.4) is 0 Å². The smallest absolute Gasteiger partial charge is 0.116 e. The van der Waals surface area contributed by atoms with Gasteiger partial charge in [-0.1, -0.05) is 6.92 Å². The molecule has 1 saturated heterocycles. The van der Waals surface area contributed by atoms with E-state index in [-0.39, 0.29) is 5.92 Å². The van der Waals surface area contributed by atoms with Gasteiger partial charge in [0.25, 0.3) is 0 Å². The minimum absolute atomic E-state index is 0.204. The Morgan fingerprint density at radius 1 is 1.50 bits per heavy atom. The van der Waals surface area contributed by atoms with E-state index in [0.717, 1.165) is 0 Å². The van der Waals surface area contributed by atoms with Crippen LogP contribution in [0.4, 0.5) is 4.39 Å². The van der Waals surface area contributed by atoms with Crippen molar-refractivity contribution in [3.8, 4) is 0 Å². The molecule has 0 aromatic rings. The molecule has 3 atom stereocenters. The van der Waals surface area contributed by atoms with E-state index in [1.54, 1.807) is 0 Å². The zero-order chi connectivity index (χ0) is 6.15. The normalized spacial score (nSPS) is 47.6. The van der Waals surface area contributed by atoms with E-state index in [4.69, 9.17) is 0 Å². The van der Waals surface area contributed by atoms with Crippen LogP contribution in [0.5, 0.6) is 0 Å². The summed E-state index contributed by atoms with van der Waals surface area (Å²) in [6.45, 7) is 4.50. The van der Waals surface area contributed by atoms with Gasteiger partial charge in [-0.05, 0) is 6.92 Å². The van der Waals surface area contributed by atoms with Crippen LogP contribution in [-0.4, -0.2) is 18.8 Å². The highest BCUT2D eigenvalue weighted by atomic mass is 19.1. The molecule has 1 fully saturated rings. The summed E-state index contributed by atoms with van der Waals surface area (Å²) in [5.74, 6) is 0.204. The monoisotopic (exact) mass is 117 g/mol. The molecule has 1 heterocycles. The van der Waals surface area contributed by atoms with E-state index in [1.165, 1.54) is 0 Å². The molecule has 0 aromatic heterocycles. The molecular weight excluding hydrogens is 105 g/mol. The first-order valence-electron chi connectivity index (χ1n) is 3.09. The van der Waals surface area contributed by atoms with Crippen molar-refractivity contribution in [3.63, 3.8) is 0 Å². The molecule has 1 N–H and O–H groups in total. The Hall–Kier alpha value is -0.110. The molecule has 0 saturated carbocycles. The minimum Gasteiger partial charge on any atom is -0.311 e. The minimum atomic E-state index is -0.620. The topological polar surface area (TPSA) is 12.0 Å². The van der Waals surface area contributed by atoms with Crippen LogP contribution in [0.2, 0.25) is 0 Å². The van der Waals surface area contributed by atoms with E-state index >= 15 is 0 Å². The molecule has 1 aliphatic heterocycles. The number of halogens is 1. The molecular formula is C6H12FN. The first kappa shape index (κ1) is 6.02. The molecule has 1 aliphatic rings. The largest absolute Gasteiger partial charge is 0.311 e. The van der Waals surface area contributed by atoms with Gasteiger partial charge >= 0.3 is 0 Å². The van der Waals surface area contributed by atoms with E-state index in [9.17, 15) is 4.39 Å². The van der Waals surface area contributed by atoms with Gasteiger partial charge in [0.15, 0.2) is 0 Å². The maximum atomic E-state index is 12.5. The summed E-state index contributed by atoms with van der Waals surface area (Å²) in [7, 11) is 0. The van der Waals surface area contributed by atoms with Gasteiger partial charge in [-0.15, -0.1) is 0 Å². The highest BCUT2D eigenvalue weighted by Crippen LogP contribution is 2.16. The van der Waals surface area contributed by atoms with Crippen molar-refractivity contribution in [2.75, 3.05) is 6.54 Å². The molecule has 1 rings (SSSR count). The van der Waals surface area contributed by atoms with Crippen LogP contribution in [0.1, 0.15) is 13.8 Å². The van der Waals surface area contributed by atoms with E-state index < -0.39 is 6.17 Å².